The molecule has 3 unspecified atom stereocenters. The summed E-state index contributed by atoms with van der Waals surface area (Å²) in [6.45, 7) is 2.19. The molecule has 2 N–H and O–H groups in total. The highest BCUT2D eigenvalue weighted by Crippen LogP contribution is 2.61. The highest BCUT2D eigenvalue weighted by Gasteiger charge is 2.59. The molecule has 13 heavy (non-hydrogen) atoms. The highest BCUT2D eigenvalue weighted by atomic mass is 16.5. The third-order valence-electron chi connectivity index (χ3n) is 4.40. The zero-order chi connectivity index (χ0) is 9.47. The maximum absolute atomic E-state index is 6.12. The van der Waals surface area contributed by atoms with E-state index < -0.39 is 0 Å². The maximum Gasteiger partial charge on any atom is 0.0634 e. The zero-order valence-corrected chi connectivity index (χ0v) is 8.75. The molecule has 0 aromatic rings. The molecule has 0 saturated heterocycles. The van der Waals surface area contributed by atoms with Crippen molar-refractivity contribution in [3.8, 4) is 0 Å². The Morgan fingerprint density at radius 3 is 2.62 bits per heavy atom. The van der Waals surface area contributed by atoms with Gasteiger partial charge in [0.05, 0.1) is 6.10 Å². The first-order valence-electron chi connectivity index (χ1n) is 5.53. The number of rotatable bonds is 3. The summed E-state index contributed by atoms with van der Waals surface area (Å²) in [6, 6.07) is 0.409. The van der Waals surface area contributed by atoms with E-state index in [2.05, 4.69) is 6.92 Å². The van der Waals surface area contributed by atoms with Crippen LogP contribution in [0.3, 0.4) is 0 Å². The van der Waals surface area contributed by atoms with E-state index in [1.165, 1.54) is 25.7 Å². The molecule has 2 heteroatoms. The van der Waals surface area contributed by atoms with E-state index in [0.717, 1.165) is 12.3 Å². The second-order valence-electron chi connectivity index (χ2n) is 4.73. The summed E-state index contributed by atoms with van der Waals surface area (Å²) in [4.78, 5) is 0. The van der Waals surface area contributed by atoms with Gasteiger partial charge in [0.25, 0.3) is 0 Å². The molecule has 1 spiro atoms. The monoisotopic (exact) mass is 183 g/mol. The lowest BCUT2D eigenvalue weighted by molar-refractivity contribution is -0.191. The van der Waals surface area contributed by atoms with Crippen LogP contribution >= 0.6 is 0 Å². The standard InChI is InChI=1S/C11H21NO/c1-3-9(12)8-7-10(13-2)11(8)5-4-6-11/h8-10H,3-7,12H2,1-2H3. The topological polar surface area (TPSA) is 35.2 Å². The van der Waals surface area contributed by atoms with Gasteiger partial charge in [-0.15, -0.1) is 0 Å². The van der Waals surface area contributed by atoms with Crippen LogP contribution in [0.15, 0.2) is 0 Å². The molecular weight excluding hydrogens is 162 g/mol. The van der Waals surface area contributed by atoms with Crippen molar-refractivity contribution >= 4 is 0 Å². The largest absolute Gasteiger partial charge is 0.381 e. The predicted molar refractivity (Wildman–Crippen MR) is 53.5 cm³/mol. The molecule has 0 heterocycles. The second kappa shape index (κ2) is 3.25. The number of methoxy groups -OCH3 is 1. The van der Waals surface area contributed by atoms with Crippen molar-refractivity contribution < 1.29 is 4.74 Å². The van der Waals surface area contributed by atoms with Crippen molar-refractivity contribution in [1.82, 2.24) is 0 Å². The van der Waals surface area contributed by atoms with E-state index in [1.807, 2.05) is 7.11 Å². The van der Waals surface area contributed by atoms with Crippen LogP contribution in [0, 0.1) is 11.3 Å². The lowest BCUT2D eigenvalue weighted by Gasteiger charge is -2.62. The minimum atomic E-state index is 0.409. The molecule has 2 fully saturated rings. The van der Waals surface area contributed by atoms with Gasteiger partial charge in [-0.25, -0.2) is 0 Å². The van der Waals surface area contributed by atoms with Crippen LogP contribution in [-0.2, 0) is 4.74 Å². The average Bonchev–Trinajstić information content (AvgIpc) is 2.00. The van der Waals surface area contributed by atoms with E-state index in [1.54, 1.807) is 0 Å². The molecule has 3 atom stereocenters. The lowest BCUT2D eigenvalue weighted by atomic mass is 9.46. The molecule has 0 radical (unpaired) electrons. The minimum absolute atomic E-state index is 0.409. The highest BCUT2D eigenvalue weighted by molar-refractivity contribution is 5.10. The fourth-order valence-corrected chi connectivity index (χ4v) is 3.27. The van der Waals surface area contributed by atoms with E-state index in [0.29, 0.717) is 17.6 Å². The van der Waals surface area contributed by atoms with Gasteiger partial charge in [0, 0.05) is 18.6 Å². The zero-order valence-electron chi connectivity index (χ0n) is 8.75. The summed E-state index contributed by atoms with van der Waals surface area (Å²) < 4.78 is 5.51. The van der Waals surface area contributed by atoms with Crippen LogP contribution in [0.4, 0.5) is 0 Å². The molecule has 0 aromatic carbocycles. The SMILES string of the molecule is CCC(N)C1CC(OC)C12CCC2. The van der Waals surface area contributed by atoms with Gasteiger partial charge in [-0.1, -0.05) is 13.3 Å². The fourth-order valence-electron chi connectivity index (χ4n) is 3.27. The molecule has 2 aliphatic rings. The van der Waals surface area contributed by atoms with Crippen molar-refractivity contribution in [1.29, 1.82) is 0 Å². The normalized spacial score (nSPS) is 38.1. The Kier molecular flexibility index (Phi) is 2.37. The van der Waals surface area contributed by atoms with E-state index in [9.17, 15) is 0 Å². The van der Waals surface area contributed by atoms with Gasteiger partial charge in [0.1, 0.15) is 0 Å². The third-order valence-corrected chi connectivity index (χ3v) is 4.40. The molecule has 0 aromatic heterocycles. The Morgan fingerprint density at radius 1 is 1.54 bits per heavy atom. The van der Waals surface area contributed by atoms with Crippen molar-refractivity contribution in [3.63, 3.8) is 0 Å². The van der Waals surface area contributed by atoms with Gasteiger partial charge in [0.2, 0.25) is 0 Å². The lowest BCUT2D eigenvalue weighted by Crippen LogP contribution is -2.63. The molecule has 0 amide bonds. The predicted octanol–water partition coefficient (Wildman–Crippen LogP) is 1.93. The number of ether oxygens (including phenoxy) is 1. The van der Waals surface area contributed by atoms with Crippen molar-refractivity contribution in [2.75, 3.05) is 7.11 Å². The van der Waals surface area contributed by atoms with Crippen molar-refractivity contribution in [2.45, 2.75) is 51.2 Å². The van der Waals surface area contributed by atoms with Crippen LogP contribution in [0.1, 0.15) is 39.0 Å². The van der Waals surface area contributed by atoms with Crippen LogP contribution < -0.4 is 5.73 Å². The van der Waals surface area contributed by atoms with E-state index >= 15 is 0 Å². The summed E-state index contributed by atoms with van der Waals surface area (Å²) in [6.07, 6.45) is 6.92. The minimum Gasteiger partial charge on any atom is -0.381 e. The summed E-state index contributed by atoms with van der Waals surface area (Å²) in [7, 11) is 1.85. The molecule has 2 nitrogen and oxygen atoms in total. The fraction of sp³-hybridized carbons (Fsp3) is 1.00. The summed E-state index contributed by atoms with van der Waals surface area (Å²) in [5.41, 5.74) is 6.63. The Labute approximate surface area is 80.8 Å². The first-order valence-corrected chi connectivity index (χ1v) is 5.53. The Morgan fingerprint density at radius 2 is 2.23 bits per heavy atom. The summed E-state index contributed by atoms with van der Waals surface area (Å²) in [5, 5.41) is 0. The molecule has 2 aliphatic carbocycles. The van der Waals surface area contributed by atoms with Gasteiger partial charge in [-0.3, -0.25) is 0 Å². The van der Waals surface area contributed by atoms with Gasteiger partial charge in [-0.2, -0.15) is 0 Å². The van der Waals surface area contributed by atoms with E-state index in [4.69, 9.17) is 10.5 Å². The molecule has 0 bridgehead atoms. The third kappa shape index (κ3) is 1.15. The molecule has 0 aliphatic heterocycles. The van der Waals surface area contributed by atoms with Gasteiger partial charge < -0.3 is 10.5 Å². The number of nitrogens with two attached hydrogens (primary N) is 1. The second-order valence-corrected chi connectivity index (χ2v) is 4.73. The Hall–Kier alpha value is -0.0800. The maximum atomic E-state index is 6.12. The van der Waals surface area contributed by atoms with Gasteiger partial charge in [-0.05, 0) is 31.6 Å². The number of hydrogen-bond acceptors (Lipinski definition) is 2. The summed E-state index contributed by atoms with van der Waals surface area (Å²) in [5.74, 6) is 0.746. The smallest absolute Gasteiger partial charge is 0.0634 e. The average molecular weight is 183 g/mol. The van der Waals surface area contributed by atoms with Crippen LogP contribution in [0.5, 0.6) is 0 Å². The summed E-state index contributed by atoms with van der Waals surface area (Å²) >= 11 is 0. The van der Waals surface area contributed by atoms with Crippen molar-refractivity contribution in [2.24, 2.45) is 17.1 Å². The number of hydrogen-bond donors (Lipinski definition) is 1. The van der Waals surface area contributed by atoms with Gasteiger partial charge in [0.15, 0.2) is 0 Å². The van der Waals surface area contributed by atoms with E-state index in [-0.39, 0.29) is 0 Å². The van der Waals surface area contributed by atoms with Gasteiger partial charge >= 0.3 is 0 Å². The molecular formula is C11H21NO. The molecule has 2 saturated carbocycles. The first-order chi connectivity index (χ1) is 6.24. The molecule has 76 valence electrons. The van der Waals surface area contributed by atoms with Crippen LogP contribution in [0.2, 0.25) is 0 Å². The van der Waals surface area contributed by atoms with Crippen LogP contribution in [0.25, 0.3) is 0 Å². The molecule has 2 rings (SSSR count). The Balaban J connectivity index is 2.01. The quantitative estimate of drug-likeness (QED) is 0.725. The van der Waals surface area contributed by atoms with Crippen LogP contribution in [-0.4, -0.2) is 19.3 Å². The Bertz CT molecular complexity index is 189. The first kappa shape index (κ1) is 9.47. The van der Waals surface area contributed by atoms with Crippen molar-refractivity contribution in [3.05, 3.63) is 0 Å².